The lowest BCUT2D eigenvalue weighted by Gasteiger charge is -2.16. The fraction of sp³-hybridized carbons (Fsp3) is 0.192. The minimum Gasteiger partial charge on any atom is -0.363 e. The quantitative estimate of drug-likeness (QED) is 0.214. The molecule has 2 aromatic carbocycles. The number of amidine groups is 1. The molecule has 1 aromatic heterocycles. The number of thioether (sulfide) groups is 1. The normalized spacial score (nSPS) is 10.5. The molecule has 3 rings (SSSR count). The Morgan fingerprint density at radius 1 is 0.947 bits per heavy atom. The highest BCUT2D eigenvalue weighted by atomic mass is 35.5. The third kappa shape index (κ3) is 7.30. The van der Waals surface area contributed by atoms with Crippen molar-refractivity contribution in [2.75, 3.05) is 44.6 Å². The molecule has 3 aromatic rings. The molecular weight excluding hydrogens is 531 g/mol. The first-order valence-corrected chi connectivity index (χ1v) is 12.6. The van der Waals surface area contributed by atoms with Crippen LogP contribution in [0.1, 0.15) is 26.3 Å². The van der Waals surface area contributed by atoms with E-state index in [9.17, 15) is 18.8 Å². The zero-order chi connectivity index (χ0) is 28.0. The van der Waals surface area contributed by atoms with Gasteiger partial charge < -0.3 is 20.4 Å². The van der Waals surface area contributed by atoms with Crippen LogP contribution in [0, 0.1) is 11.2 Å². The Balaban J connectivity index is 1.90. The van der Waals surface area contributed by atoms with E-state index in [4.69, 9.17) is 17.0 Å². The molecule has 0 spiro atoms. The van der Waals surface area contributed by atoms with E-state index in [1.54, 1.807) is 40.3 Å². The number of rotatable bonds is 8. The van der Waals surface area contributed by atoms with E-state index in [0.717, 1.165) is 6.07 Å². The van der Waals surface area contributed by atoms with Crippen LogP contribution in [0.4, 0.5) is 15.9 Å². The number of anilines is 2. The van der Waals surface area contributed by atoms with Crippen molar-refractivity contribution in [1.29, 1.82) is 5.41 Å². The Morgan fingerprint density at radius 2 is 1.66 bits per heavy atom. The summed E-state index contributed by atoms with van der Waals surface area (Å²) in [6.45, 7) is 0. The van der Waals surface area contributed by atoms with Crippen LogP contribution in [0.2, 0.25) is 5.02 Å². The minimum atomic E-state index is -0.808. The lowest BCUT2D eigenvalue weighted by atomic mass is 10.1. The van der Waals surface area contributed by atoms with Crippen molar-refractivity contribution in [3.63, 3.8) is 0 Å². The van der Waals surface area contributed by atoms with Gasteiger partial charge in [0, 0.05) is 44.8 Å². The number of nitrogens with zero attached hydrogens (tertiary/aromatic N) is 3. The van der Waals surface area contributed by atoms with Crippen LogP contribution in [0.15, 0.2) is 59.6 Å². The molecule has 0 radical (unpaired) electrons. The second-order valence-corrected chi connectivity index (χ2v) is 9.98. The topological polar surface area (TPSA) is 118 Å². The molecule has 3 N–H and O–H groups in total. The van der Waals surface area contributed by atoms with Gasteiger partial charge in [-0.15, -0.1) is 11.8 Å². The number of amides is 3. The Kier molecular flexibility index (Phi) is 9.43. The van der Waals surface area contributed by atoms with Crippen LogP contribution < -0.4 is 10.6 Å². The molecule has 0 saturated heterocycles. The molecule has 198 valence electrons. The van der Waals surface area contributed by atoms with E-state index >= 15 is 0 Å². The molecule has 0 bridgehead atoms. The smallest absolute Gasteiger partial charge is 0.258 e. The lowest BCUT2D eigenvalue weighted by Crippen LogP contribution is -2.23. The largest absolute Gasteiger partial charge is 0.363 e. The first-order chi connectivity index (χ1) is 18.0. The van der Waals surface area contributed by atoms with E-state index in [1.807, 2.05) is 0 Å². The number of nitrogens with one attached hydrogen (secondary N) is 3. The second-order valence-electron chi connectivity index (χ2n) is 8.49. The number of carbonyl (C=O) groups is 3. The van der Waals surface area contributed by atoms with E-state index in [0.29, 0.717) is 15.5 Å². The monoisotopic (exact) mass is 556 g/mol. The number of pyridine rings is 1. The third-order valence-corrected chi connectivity index (χ3v) is 6.45. The van der Waals surface area contributed by atoms with Gasteiger partial charge in [-0.2, -0.15) is 0 Å². The summed E-state index contributed by atoms with van der Waals surface area (Å²) in [6.07, 6.45) is 1.38. The maximum absolute atomic E-state index is 14.8. The first-order valence-electron chi connectivity index (χ1n) is 11.2. The van der Waals surface area contributed by atoms with Gasteiger partial charge >= 0.3 is 0 Å². The maximum atomic E-state index is 14.8. The van der Waals surface area contributed by atoms with Crippen LogP contribution in [0.25, 0.3) is 0 Å². The summed E-state index contributed by atoms with van der Waals surface area (Å²) in [7, 11) is 6.61. The van der Waals surface area contributed by atoms with Gasteiger partial charge in [-0.1, -0.05) is 17.7 Å². The first kappa shape index (κ1) is 28.6. The molecule has 0 fully saturated rings. The van der Waals surface area contributed by atoms with E-state index < -0.39 is 17.6 Å². The molecule has 0 unspecified atom stereocenters. The van der Waals surface area contributed by atoms with Crippen molar-refractivity contribution in [1.82, 2.24) is 14.8 Å². The summed E-state index contributed by atoms with van der Waals surface area (Å²) >= 11 is 7.09. The minimum absolute atomic E-state index is 0.0869. The van der Waals surface area contributed by atoms with E-state index in [2.05, 4.69) is 15.6 Å². The van der Waals surface area contributed by atoms with Crippen molar-refractivity contribution < 1.29 is 18.8 Å². The molecule has 38 heavy (non-hydrogen) atoms. The molecule has 9 nitrogen and oxygen atoms in total. The van der Waals surface area contributed by atoms with E-state index in [1.165, 1.54) is 58.1 Å². The number of halogens is 2. The summed E-state index contributed by atoms with van der Waals surface area (Å²) in [4.78, 5) is 45.8. The maximum Gasteiger partial charge on any atom is 0.258 e. The molecule has 0 saturated carbocycles. The number of carbonyl (C=O) groups excluding carboxylic acids is 3. The summed E-state index contributed by atoms with van der Waals surface area (Å²) in [6, 6.07) is 11.7. The van der Waals surface area contributed by atoms with Gasteiger partial charge in [0.2, 0.25) is 5.91 Å². The van der Waals surface area contributed by atoms with Crippen LogP contribution in [-0.2, 0) is 4.79 Å². The predicted molar refractivity (Wildman–Crippen MR) is 148 cm³/mol. The highest BCUT2D eigenvalue weighted by Gasteiger charge is 2.19. The van der Waals surface area contributed by atoms with Gasteiger partial charge in [0.1, 0.15) is 17.5 Å². The van der Waals surface area contributed by atoms with Crippen molar-refractivity contribution >= 4 is 58.4 Å². The van der Waals surface area contributed by atoms with Gasteiger partial charge in [0.05, 0.1) is 27.6 Å². The molecule has 0 aliphatic carbocycles. The number of aromatic nitrogens is 1. The Bertz CT molecular complexity index is 1380. The number of hydrogen-bond donors (Lipinski definition) is 3. The average Bonchev–Trinajstić information content (AvgIpc) is 2.88. The summed E-state index contributed by atoms with van der Waals surface area (Å²) < 4.78 is 14.8. The average molecular weight is 557 g/mol. The third-order valence-electron chi connectivity index (χ3n) is 5.25. The highest BCUT2D eigenvalue weighted by Crippen LogP contribution is 2.27. The predicted octanol–water partition coefficient (Wildman–Crippen LogP) is 4.45. The number of benzene rings is 2. The fourth-order valence-electron chi connectivity index (χ4n) is 3.11. The Labute approximate surface area is 228 Å². The molecule has 1 heterocycles. The van der Waals surface area contributed by atoms with Crippen molar-refractivity contribution in [2.24, 2.45) is 0 Å². The molecular formula is C26H26ClFN6O3S. The van der Waals surface area contributed by atoms with Gasteiger partial charge in [0.25, 0.3) is 11.8 Å². The molecule has 0 aliphatic rings. The summed E-state index contributed by atoms with van der Waals surface area (Å²) in [5, 5.41) is 13.6. The zero-order valence-corrected chi connectivity index (χ0v) is 22.7. The van der Waals surface area contributed by atoms with Crippen LogP contribution >= 0.6 is 23.4 Å². The fourth-order valence-corrected chi connectivity index (χ4v) is 4.14. The highest BCUT2D eigenvalue weighted by molar-refractivity contribution is 8.00. The van der Waals surface area contributed by atoms with Crippen LogP contribution in [0.5, 0.6) is 0 Å². The summed E-state index contributed by atoms with van der Waals surface area (Å²) in [5.74, 6) is -1.78. The lowest BCUT2D eigenvalue weighted by molar-refractivity contribution is -0.125. The Hall–Kier alpha value is -3.96. The Morgan fingerprint density at radius 3 is 2.26 bits per heavy atom. The standard InChI is InChI=1S/C26H26ClFN6O3S/c1-33(2)23(35)14-38-17-7-9-21(19(12-17)26(37)32-22-10-6-16(27)13-30-22)31-25(36)18-8-5-15(11-20(18)28)24(29)34(3)4/h5-13,29H,14H2,1-4H3,(H,31,36)(H,30,32,37). The SMILES string of the molecule is CN(C)C(=N)c1ccc(C(=O)Nc2ccc(SCC(=O)N(C)C)cc2C(=O)Nc2ccc(Cl)cn2)c(F)c1. The van der Waals surface area contributed by atoms with E-state index in [-0.39, 0.29) is 40.1 Å². The number of hydrogen-bond acceptors (Lipinski definition) is 6. The summed E-state index contributed by atoms with van der Waals surface area (Å²) in [5.41, 5.74) is 0.285. The second kappa shape index (κ2) is 12.5. The van der Waals surface area contributed by atoms with Crippen LogP contribution in [0.3, 0.4) is 0 Å². The molecule has 0 aliphatic heterocycles. The zero-order valence-electron chi connectivity index (χ0n) is 21.1. The van der Waals surface area contributed by atoms with Gasteiger partial charge in [-0.25, -0.2) is 9.37 Å². The van der Waals surface area contributed by atoms with Gasteiger partial charge in [0.15, 0.2) is 0 Å². The molecule has 0 atom stereocenters. The van der Waals surface area contributed by atoms with Crippen molar-refractivity contribution in [3.05, 3.63) is 82.3 Å². The van der Waals surface area contributed by atoms with Gasteiger partial charge in [-0.05, 0) is 42.5 Å². The van der Waals surface area contributed by atoms with Gasteiger partial charge in [-0.3, -0.25) is 19.8 Å². The van der Waals surface area contributed by atoms with Crippen LogP contribution in [-0.4, -0.2) is 72.3 Å². The molecule has 3 amide bonds. The molecule has 12 heteroatoms. The van der Waals surface area contributed by atoms with Crippen molar-refractivity contribution in [2.45, 2.75) is 4.90 Å². The van der Waals surface area contributed by atoms with Crippen molar-refractivity contribution in [3.8, 4) is 0 Å².